The van der Waals surface area contributed by atoms with E-state index in [1.54, 1.807) is 42.6 Å². The molecule has 0 aliphatic rings. The molecule has 0 spiro atoms. The Morgan fingerprint density at radius 3 is 2.73 bits per heavy atom. The summed E-state index contributed by atoms with van der Waals surface area (Å²) < 4.78 is 24.0. The van der Waals surface area contributed by atoms with Gasteiger partial charge in [0.15, 0.2) is 11.2 Å². The van der Waals surface area contributed by atoms with E-state index in [1.165, 1.54) is 29.5 Å². The monoisotopic (exact) mass is 424 g/mol. The first-order chi connectivity index (χ1) is 14.4. The molecule has 1 N–H and O–H groups in total. The average Bonchev–Trinajstić information content (AvgIpc) is 3.16. The summed E-state index contributed by atoms with van der Waals surface area (Å²) in [5.41, 5.74) is 2.16. The van der Waals surface area contributed by atoms with Crippen molar-refractivity contribution in [3.05, 3.63) is 75.7 Å². The van der Waals surface area contributed by atoms with Crippen LogP contribution in [0.5, 0.6) is 5.75 Å². The molecule has 30 heavy (non-hydrogen) atoms. The zero-order valence-electron chi connectivity index (χ0n) is 16.1. The molecule has 0 unspecified atom stereocenters. The quantitative estimate of drug-likeness (QED) is 0.467. The van der Waals surface area contributed by atoms with Gasteiger partial charge >= 0.3 is 5.63 Å². The van der Waals surface area contributed by atoms with Crippen LogP contribution in [0.3, 0.4) is 0 Å². The third-order valence-electron chi connectivity index (χ3n) is 4.48. The maximum Gasteiger partial charge on any atom is 0.336 e. The van der Waals surface area contributed by atoms with Gasteiger partial charge in [0.2, 0.25) is 0 Å². The summed E-state index contributed by atoms with van der Waals surface area (Å²) in [5.74, 6) is -0.289. The third-order valence-corrected chi connectivity index (χ3v) is 5.24. The second-order valence-electron chi connectivity index (χ2n) is 6.70. The van der Waals surface area contributed by atoms with Gasteiger partial charge in [0, 0.05) is 28.5 Å². The molecule has 2 heterocycles. The SMILES string of the molecule is Cc1cc(=O)oc2cc(O[C@@H](C)C(=O)Nc3nc(-c4ccc(F)cc4)cs3)ccc12. The van der Waals surface area contributed by atoms with Crippen molar-refractivity contribution in [1.29, 1.82) is 0 Å². The molecule has 2 aromatic carbocycles. The number of rotatable bonds is 5. The normalized spacial score (nSPS) is 12.0. The summed E-state index contributed by atoms with van der Waals surface area (Å²) in [5, 5.41) is 5.71. The maximum absolute atomic E-state index is 13.1. The van der Waals surface area contributed by atoms with Gasteiger partial charge in [0.25, 0.3) is 5.91 Å². The second kappa shape index (κ2) is 8.08. The minimum atomic E-state index is -0.808. The van der Waals surface area contributed by atoms with Crippen molar-refractivity contribution in [1.82, 2.24) is 4.98 Å². The first-order valence-electron chi connectivity index (χ1n) is 9.12. The lowest BCUT2D eigenvalue weighted by Crippen LogP contribution is -2.30. The Hall–Kier alpha value is -3.52. The molecule has 0 aliphatic carbocycles. The number of halogens is 1. The summed E-state index contributed by atoms with van der Waals surface area (Å²) in [6.45, 7) is 3.44. The largest absolute Gasteiger partial charge is 0.481 e. The topological polar surface area (TPSA) is 81.4 Å². The number of thiazole rings is 1. The molecular formula is C22H17FN2O4S. The Bertz CT molecular complexity index is 1280. The highest BCUT2D eigenvalue weighted by molar-refractivity contribution is 7.14. The fraction of sp³-hybridized carbons (Fsp3) is 0.136. The van der Waals surface area contributed by atoms with E-state index in [0.717, 1.165) is 16.5 Å². The molecule has 1 atom stereocenters. The lowest BCUT2D eigenvalue weighted by atomic mass is 10.1. The highest BCUT2D eigenvalue weighted by Gasteiger charge is 2.17. The predicted octanol–water partition coefficient (Wildman–Crippen LogP) is 4.77. The maximum atomic E-state index is 13.1. The number of benzene rings is 2. The van der Waals surface area contributed by atoms with Crippen LogP contribution in [0, 0.1) is 12.7 Å². The van der Waals surface area contributed by atoms with E-state index in [4.69, 9.17) is 9.15 Å². The van der Waals surface area contributed by atoms with Gasteiger partial charge in [-0.3, -0.25) is 10.1 Å². The first kappa shape index (κ1) is 19.8. The molecule has 0 saturated heterocycles. The van der Waals surface area contributed by atoms with Gasteiger partial charge < -0.3 is 9.15 Å². The molecule has 0 saturated carbocycles. The van der Waals surface area contributed by atoms with Gasteiger partial charge in [-0.2, -0.15) is 0 Å². The molecule has 4 aromatic rings. The number of ether oxygens (including phenoxy) is 1. The molecule has 0 radical (unpaired) electrons. The molecule has 6 nitrogen and oxygen atoms in total. The Labute approximate surface area is 175 Å². The molecule has 152 valence electrons. The van der Waals surface area contributed by atoms with Gasteiger partial charge in [-0.05, 0) is 55.8 Å². The Kier molecular flexibility index (Phi) is 5.33. The lowest BCUT2D eigenvalue weighted by molar-refractivity contribution is -0.122. The first-order valence-corrected chi connectivity index (χ1v) is 10.0. The average molecular weight is 424 g/mol. The highest BCUT2D eigenvalue weighted by Crippen LogP contribution is 2.26. The minimum absolute atomic E-state index is 0.323. The number of hydrogen-bond donors (Lipinski definition) is 1. The Morgan fingerprint density at radius 1 is 1.20 bits per heavy atom. The van der Waals surface area contributed by atoms with Crippen LogP contribution in [0.1, 0.15) is 12.5 Å². The van der Waals surface area contributed by atoms with Crippen molar-refractivity contribution >= 4 is 33.3 Å². The second-order valence-corrected chi connectivity index (χ2v) is 7.56. The lowest BCUT2D eigenvalue weighted by Gasteiger charge is -2.14. The molecular weight excluding hydrogens is 407 g/mol. The van der Waals surface area contributed by atoms with Crippen molar-refractivity contribution in [2.75, 3.05) is 5.32 Å². The molecule has 1 amide bonds. The van der Waals surface area contributed by atoms with E-state index in [-0.39, 0.29) is 11.7 Å². The molecule has 0 fully saturated rings. The van der Waals surface area contributed by atoms with Crippen LogP contribution in [0.25, 0.3) is 22.2 Å². The van der Waals surface area contributed by atoms with Gasteiger partial charge in [-0.1, -0.05) is 0 Å². The summed E-state index contributed by atoms with van der Waals surface area (Å²) in [7, 11) is 0. The van der Waals surface area contributed by atoms with Gasteiger partial charge in [0.05, 0.1) is 5.69 Å². The van der Waals surface area contributed by atoms with Crippen LogP contribution in [-0.2, 0) is 4.79 Å². The van der Waals surface area contributed by atoms with E-state index >= 15 is 0 Å². The van der Waals surface area contributed by atoms with E-state index in [0.29, 0.717) is 22.2 Å². The van der Waals surface area contributed by atoms with Crippen LogP contribution in [0.4, 0.5) is 9.52 Å². The number of nitrogens with one attached hydrogen (secondary N) is 1. The smallest absolute Gasteiger partial charge is 0.336 e. The zero-order chi connectivity index (χ0) is 21.3. The van der Waals surface area contributed by atoms with Crippen molar-refractivity contribution < 1.29 is 18.3 Å². The Morgan fingerprint density at radius 2 is 1.97 bits per heavy atom. The van der Waals surface area contributed by atoms with Gasteiger partial charge in [0.1, 0.15) is 17.1 Å². The number of fused-ring (bicyclic) bond motifs is 1. The number of aromatic nitrogens is 1. The summed E-state index contributed by atoms with van der Waals surface area (Å²) in [4.78, 5) is 28.4. The summed E-state index contributed by atoms with van der Waals surface area (Å²) >= 11 is 1.26. The highest BCUT2D eigenvalue weighted by atomic mass is 32.1. The number of nitrogens with zero attached hydrogens (tertiary/aromatic N) is 1. The summed E-state index contributed by atoms with van der Waals surface area (Å²) in [6, 6.07) is 12.5. The number of carbonyl (C=O) groups excluding carboxylic acids is 1. The number of aryl methyl sites for hydroxylation is 1. The van der Waals surface area contributed by atoms with Gasteiger partial charge in [-0.15, -0.1) is 11.3 Å². The molecule has 4 rings (SSSR count). The molecule has 0 bridgehead atoms. The van der Waals surface area contributed by atoms with Crippen LogP contribution >= 0.6 is 11.3 Å². The third kappa shape index (κ3) is 4.23. The number of anilines is 1. The standard InChI is InChI=1S/C22H17FN2O4S/c1-12-9-20(26)29-19-10-16(7-8-17(12)19)28-13(2)21(27)25-22-24-18(11-30-22)14-3-5-15(23)6-4-14/h3-11,13H,1-2H3,(H,24,25,27)/t13-/m0/s1. The molecule has 2 aromatic heterocycles. The Balaban J connectivity index is 1.45. The van der Waals surface area contributed by atoms with E-state index in [1.807, 2.05) is 6.92 Å². The van der Waals surface area contributed by atoms with Crippen LogP contribution in [-0.4, -0.2) is 17.0 Å². The van der Waals surface area contributed by atoms with E-state index in [9.17, 15) is 14.0 Å². The minimum Gasteiger partial charge on any atom is -0.481 e. The van der Waals surface area contributed by atoms with Crippen molar-refractivity contribution in [3.63, 3.8) is 0 Å². The number of carbonyl (C=O) groups is 1. The molecule has 8 heteroatoms. The van der Waals surface area contributed by atoms with Crippen molar-refractivity contribution in [2.24, 2.45) is 0 Å². The van der Waals surface area contributed by atoms with Crippen molar-refractivity contribution in [2.45, 2.75) is 20.0 Å². The molecule has 0 aliphatic heterocycles. The van der Waals surface area contributed by atoms with Crippen molar-refractivity contribution in [3.8, 4) is 17.0 Å². The van der Waals surface area contributed by atoms with E-state index < -0.39 is 11.7 Å². The van der Waals surface area contributed by atoms with Crippen LogP contribution in [0.15, 0.2) is 63.1 Å². The van der Waals surface area contributed by atoms with Crippen LogP contribution in [0.2, 0.25) is 0 Å². The van der Waals surface area contributed by atoms with Crippen LogP contribution < -0.4 is 15.7 Å². The fourth-order valence-electron chi connectivity index (χ4n) is 2.93. The predicted molar refractivity (Wildman–Crippen MR) is 113 cm³/mol. The van der Waals surface area contributed by atoms with Gasteiger partial charge in [-0.25, -0.2) is 14.2 Å². The zero-order valence-corrected chi connectivity index (χ0v) is 17.0. The summed E-state index contributed by atoms with van der Waals surface area (Å²) in [6.07, 6.45) is -0.808. The number of hydrogen-bond acceptors (Lipinski definition) is 6. The van der Waals surface area contributed by atoms with E-state index in [2.05, 4.69) is 10.3 Å². The fourth-order valence-corrected chi connectivity index (χ4v) is 3.65. The number of amides is 1.